The number of rotatable bonds is 6. The van der Waals surface area contributed by atoms with E-state index in [1.54, 1.807) is 24.3 Å². The quantitative estimate of drug-likeness (QED) is 0.533. The number of aromatic nitrogens is 2. The van der Waals surface area contributed by atoms with Gasteiger partial charge >= 0.3 is 0 Å². The van der Waals surface area contributed by atoms with E-state index >= 15 is 0 Å². The molecule has 2 aromatic carbocycles. The fourth-order valence-electron chi connectivity index (χ4n) is 2.15. The van der Waals surface area contributed by atoms with Gasteiger partial charge in [0.1, 0.15) is 10.8 Å². The fraction of sp³-hybridized carbons (Fsp3) is 0.0526. The molecule has 0 aliphatic heterocycles. The Kier molecular flexibility index (Phi) is 6.72. The smallest absolute Gasteiger partial charge is 0.256 e. The van der Waals surface area contributed by atoms with Gasteiger partial charge in [-0.3, -0.25) is 9.59 Å². The molecule has 1 aromatic heterocycles. The summed E-state index contributed by atoms with van der Waals surface area (Å²) in [5.74, 6) is -0.745. The second-order valence-corrected chi connectivity index (χ2v) is 7.48. The van der Waals surface area contributed by atoms with Crippen LogP contribution in [0.5, 0.6) is 0 Å². The summed E-state index contributed by atoms with van der Waals surface area (Å²) in [7, 11) is 0. The molecule has 0 spiro atoms. The van der Waals surface area contributed by atoms with Crippen LogP contribution in [-0.4, -0.2) is 27.8 Å². The van der Waals surface area contributed by atoms with Crippen molar-refractivity contribution in [2.45, 2.75) is 5.03 Å². The van der Waals surface area contributed by atoms with E-state index in [0.717, 1.165) is 10.5 Å². The summed E-state index contributed by atoms with van der Waals surface area (Å²) in [4.78, 5) is 24.0. The Labute approximate surface area is 173 Å². The molecule has 0 atom stereocenters. The van der Waals surface area contributed by atoms with Crippen molar-refractivity contribution in [1.29, 1.82) is 0 Å². The summed E-state index contributed by atoms with van der Waals surface area (Å²) in [6.07, 6.45) is 0. The van der Waals surface area contributed by atoms with Crippen molar-refractivity contribution in [3.8, 4) is 0 Å². The van der Waals surface area contributed by atoms with Crippen LogP contribution in [0.1, 0.15) is 10.4 Å². The number of anilines is 2. The SMILES string of the molecule is O=C(CSc1ccc(NC(=O)c2cccc(F)c2)nn1)Nc1ccc(Br)cc1. The number of nitrogens with one attached hydrogen (secondary N) is 2. The number of hydrogen-bond donors (Lipinski definition) is 2. The molecule has 0 saturated carbocycles. The second kappa shape index (κ2) is 9.43. The molecule has 0 unspecified atom stereocenters. The third-order valence-electron chi connectivity index (χ3n) is 3.45. The molecule has 0 bridgehead atoms. The van der Waals surface area contributed by atoms with Gasteiger partial charge in [0.25, 0.3) is 5.91 Å². The Hall–Kier alpha value is -2.78. The Bertz CT molecular complexity index is 984. The van der Waals surface area contributed by atoms with Crippen LogP contribution in [-0.2, 0) is 4.79 Å². The lowest BCUT2D eigenvalue weighted by Crippen LogP contribution is -2.14. The minimum Gasteiger partial charge on any atom is -0.325 e. The predicted molar refractivity (Wildman–Crippen MR) is 110 cm³/mol. The van der Waals surface area contributed by atoms with Crippen molar-refractivity contribution < 1.29 is 14.0 Å². The molecule has 2 N–H and O–H groups in total. The zero-order valence-electron chi connectivity index (χ0n) is 14.4. The number of halogens is 2. The molecule has 6 nitrogen and oxygen atoms in total. The molecule has 0 aliphatic carbocycles. The highest BCUT2D eigenvalue weighted by molar-refractivity contribution is 9.10. The van der Waals surface area contributed by atoms with Gasteiger partial charge in [0.05, 0.1) is 5.75 Å². The lowest BCUT2D eigenvalue weighted by Gasteiger charge is -2.06. The molecule has 0 fully saturated rings. The molecule has 3 rings (SSSR count). The molecular weight excluding hydrogens is 447 g/mol. The molecule has 142 valence electrons. The Morgan fingerprint density at radius 3 is 2.46 bits per heavy atom. The summed E-state index contributed by atoms with van der Waals surface area (Å²) in [5, 5.41) is 13.7. The van der Waals surface area contributed by atoms with Crippen molar-refractivity contribution in [3.05, 3.63) is 76.5 Å². The van der Waals surface area contributed by atoms with Crippen molar-refractivity contribution >= 4 is 51.0 Å². The summed E-state index contributed by atoms with van der Waals surface area (Å²) in [5.41, 5.74) is 0.889. The van der Waals surface area contributed by atoms with Gasteiger partial charge in [0.2, 0.25) is 5.91 Å². The minimum atomic E-state index is -0.494. The normalized spacial score (nSPS) is 10.4. The molecular formula is C19H14BrFN4O2S. The van der Waals surface area contributed by atoms with Gasteiger partial charge in [-0.2, -0.15) is 0 Å². The molecule has 0 radical (unpaired) electrons. The Morgan fingerprint density at radius 2 is 1.79 bits per heavy atom. The van der Waals surface area contributed by atoms with E-state index in [-0.39, 0.29) is 23.0 Å². The zero-order valence-corrected chi connectivity index (χ0v) is 16.8. The molecule has 0 aliphatic rings. The number of nitrogens with zero attached hydrogens (tertiary/aromatic N) is 2. The van der Waals surface area contributed by atoms with Crippen molar-refractivity contribution in [3.63, 3.8) is 0 Å². The van der Waals surface area contributed by atoms with Gasteiger partial charge in [-0.15, -0.1) is 10.2 Å². The molecule has 1 heterocycles. The molecule has 3 aromatic rings. The number of amides is 2. The highest BCUT2D eigenvalue weighted by Crippen LogP contribution is 2.18. The van der Waals surface area contributed by atoms with Crippen LogP contribution in [0.25, 0.3) is 0 Å². The number of benzene rings is 2. The molecule has 9 heteroatoms. The van der Waals surface area contributed by atoms with E-state index < -0.39 is 11.7 Å². The van der Waals surface area contributed by atoms with E-state index in [4.69, 9.17) is 0 Å². The summed E-state index contributed by atoms with van der Waals surface area (Å²) in [6, 6.07) is 15.8. The van der Waals surface area contributed by atoms with E-state index in [0.29, 0.717) is 10.7 Å². The fourth-order valence-corrected chi connectivity index (χ4v) is 3.03. The van der Waals surface area contributed by atoms with Crippen molar-refractivity contribution in [1.82, 2.24) is 10.2 Å². The highest BCUT2D eigenvalue weighted by Gasteiger charge is 2.09. The van der Waals surface area contributed by atoms with Crippen molar-refractivity contribution in [2.75, 3.05) is 16.4 Å². The van der Waals surface area contributed by atoms with Gasteiger partial charge in [0.15, 0.2) is 5.82 Å². The lowest BCUT2D eigenvalue weighted by molar-refractivity contribution is -0.113. The first-order valence-corrected chi connectivity index (χ1v) is 9.86. The van der Waals surface area contributed by atoms with E-state index in [9.17, 15) is 14.0 Å². The van der Waals surface area contributed by atoms with E-state index in [1.165, 1.54) is 30.0 Å². The first kappa shape index (κ1) is 20.0. The molecule has 28 heavy (non-hydrogen) atoms. The summed E-state index contributed by atoms with van der Waals surface area (Å²) >= 11 is 4.55. The first-order valence-electron chi connectivity index (χ1n) is 8.08. The Balaban J connectivity index is 1.50. The number of carbonyl (C=O) groups excluding carboxylic acids is 2. The van der Waals surface area contributed by atoms with Gasteiger partial charge < -0.3 is 10.6 Å². The summed E-state index contributed by atoms with van der Waals surface area (Å²) < 4.78 is 14.1. The van der Waals surface area contributed by atoms with Crippen molar-refractivity contribution in [2.24, 2.45) is 0 Å². The van der Waals surface area contributed by atoms with Crippen LogP contribution in [0.4, 0.5) is 15.9 Å². The van der Waals surface area contributed by atoms with Crippen LogP contribution >= 0.6 is 27.7 Å². The number of thioether (sulfide) groups is 1. The van der Waals surface area contributed by atoms with Crippen LogP contribution < -0.4 is 10.6 Å². The minimum absolute atomic E-state index is 0.166. The maximum Gasteiger partial charge on any atom is 0.256 e. The monoisotopic (exact) mass is 460 g/mol. The third kappa shape index (κ3) is 5.86. The molecule has 0 saturated heterocycles. The van der Waals surface area contributed by atoms with Crippen LogP contribution in [0, 0.1) is 5.82 Å². The van der Waals surface area contributed by atoms with E-state index in [1.807, 2.05) is 12.1 Å². The van der Waals surface area contributed by atoms with Crippen LogP contribution in [0.2, 0.25) is 0 Å². The average Bonchev–Trinajstić information content (AvgIpc) is 2.69. The zero-order chi connectivity index (χ0) is 19.9. The lowest BCUT2D eigenvalue weighted by atomic mass is 10.2. The van der Waals surface area contributed by atoms with Gasteiger partial charge in [-0.1, -0.05) is 33.8 Å². The van der Waals surface area contributed by atoms with Crippen LogP contribution in [0.15, 0.2) is 70.2 Å². The van der Waals surface area contributed by atoms with Gasteiger partial charge in [-0.25, -0.2) is 4.39 Å². The third-order valence-corrected chi connectivity index (χ3v) is 4.90. The average molecular weight is 461 g/mol. The first-order chi connectivity index (χ1) is 13.5. The topological polar surface area (TPSA) is 84.0 Å². The maximum absolute atomic E-state index is 13.2. The molecule has 2 amide bonds. The van der Waals surface area contributed by atoms with Gasteiger partial charge in [-0.05, 0) is 54.6 Å². The maximum atomic E-state index is 13.2. The number of carbonyl (C=O) groups is 2. The van der Waals surface area contributed by atoms with E-state index in [2.05, 4.69) is 36.8 Å². The largest absolute Gasteiger partial charge is 0.325 e. The Morgan fingerprint density at radius 1 is 1.00 bits per heavy atom. The van der Waals surface area contributed by atoms with Gasteiger partial charge in [0, 0.05) is 15.7 Å². The predicted octanol–water partition coefficient (Wildman–Crippen LogP) is 4.36. The highest BCUT2D eigenvalue weighted by atomic mass is 79.9. The number of hydrogen-bond acceptors (Lipinski definition) is 5. The summed E-state index contributed by atoms with van der Waals surface area (Å²) in [6.45, 7) is 0. The standard InChI is InChI=1S/C19H14BrFN4O2S/c20-13-4-6-15(7-5-13)22-17(26)11-28-18-9-8-16(24-25-18)23-19(27)12-2-1-3-14(21)10-12/h1-10H,11H2,(H,22,26)(H,23,24,27). The second-order valence-electron chi connectivity index (χ2n) is 5.57. The van der Waals surface area contributed by atoms with Crippen LogP contribution in [0.3, 0.4) is 0 Å².